The quantitative estimate of drug-likeness (QED) is 0.906. The molecule has 21 heavy (non-hydrogen) atoms. The summed E-state index contributed by atoms with van der Waals surface area (Å²) in [6.07, 6.45) is 6.77. The molecule has 1 aromatic rings. The predicted molar refractivity (Wildman–Crippen MR) is 85.7 cm³/mol. The molecule has 0 radical (unpaired) electrons. The lowest BCUT2D eigenvalue weighted by atomic mass is 9.76. The number of thiophene rings is 1. The third kappa shape index (κ3) is 3.32. The molecule has 1 atom stereocenters. The van der Waals surface area contributed by atoms with Crippen molar-refractivity contribution < 1.29 is 9.90 Å². The monoisotopic (exact) mass is 307 g/mol. The highest BCUT2D eigenvalue weighted by Crippen LogP contribution is 2.44. The van der Waals surface area contributed by atoms with E-state index in [0.717, 1.165) is 50.3 Å². The molecule has 0 unspecified atom stereocenters. The molecular weight excluding hydrogens is 282 g/mol. The minimum Gasteiger partial charge on any atom is -0.396 e. The first-order chi connectivity index (χ1) is 10.2. The van der Waals surface area contributed by atoms with Crippen LogP contribution >= 0.6 is 11.3 Å². The lowest BCUT2D eigenvalue weighted by molar-refractivity contribution is 0.0196. The number of aliphatic hydroxyl groups excluding tert-OH is 1. The molecule has 1 aromatic heterocycles. The molecule has 1 aliphatic carbocycles. The Balaban J connectivity index is 1.70. The molecule has 1 aliphatic heterocycles. The largest absolute Gasteiger partial charge is 0.396 e. The van der Waals surface area contributed by atoms with Crippen LogP contribution in [0.1, 0.15) is 54.3 Å². The highest BCUT2D eigenvalue weighted by Gasteiger charge is 2.41. The van der Waals surface area contributed by atoms with Crippen molar-refractivity contribution in [2.45, 2.75) is 45.4 Å². The summed E-state index contributed by atoms with van der Waals surface area (Å²) in [6.45, 7) is 3.91. The molecule has 1 saturated heterocycles. The van der Waals surface area contributed by atoms with Crippen molar-refractivity contribution >= 4 is 17.2 Å². The van der Waals surface area contributed by atoms with Gasteiger partial charge in [-0.05, 0) is 37.7 Å². The highest BCUT2D eigenvalue weighted by molar-refractivity contribution is 7.10. The Morgan fingerprint density at radius 3 is 2.95 bits per heavy atom. The van der Waals surface area contributed by atoms with E-state index in [2.05, 4.69) is 6.92 Å². The maximum atomic E-state index is 12.7. The number of aryl methyl sites for hydroxylation is 1. The zero-order chi connectivity index (χ0) is 14.9. The number of carbonyl (C=O) groups is 1. The van der Waals surface area contributed by atoms with E-state index in [-0.39, 0.29) is 17.9 Å². The first kappa shape index (κ1) is 15.0. The van der Waals surface area contributed by atoms with Crippen molar-refractivity contribution in [3.8, 4) is 0 Å². The number of likely N-dealkylation sites (tertiary alicyclic amines) is 1. The SMILES string of the molecule is CCc1cc(C(=O)N2CCC[C@](CO)(CC3CC3)C2)cs1. The molecular formula is C17H25NO2S. The minimum absolute atomic E-state index is 0.0430. The summed E-state index contributed by atoms with van der Waals surface area (Å²) in [4.78, 5) is 15.9. The van der Waals surface area contributed by atoms with Gasteiger partial charge in [0.15, 0.2) is 0 Å². The summed E-state index contributed by atoms with van der Waals surface area (Å²) in [5.41, 5.74) is 0.788. The van der Waals surface area contributed by atoms with E-state index >= 15 is 0 Å². The summed E-state index contributed by atoms with van der Waals surface area (Å²) in [7, 11) is 0. The summed E-state index contributed by atoms with van der Waals surface area (Å²) in [6, 6.07) is 2.03. The van der Waals surface area contributed by atoms with Crippen LogP contribution in [0.5, 0.6) is 0 Å². The molecule has 0 bridgehead atoms. The van der Waals surface area contributed by atoms with E-state index in [1.807, 2.05) is 16.3 Å². The molecule has 2 fully saturated rings. The summed E-state index contributed by atoms with van der Waals surface area (Å²) in [5.74, 6) is 0.944. The van der Waals surface area contributed by atoms with Gasteiger partial charge in [0, 0.05) is 28.8 Å². The van der Waals surface area contributed by atoms with Gasteiger partial charge in [0.25, 0.3) is 5.91 Å². The van der Waals surface area contributed by atoms with Gasteiger partial charge in [-0.1, -0.05) is 19.8 Å². The fourth-order valence-corrected chi connectivity index (χ4v) is 4.35. The number of hydrogen-bond donors (Lipinski definition) is 1. The molecule has 3 rings (SSSR count). The van der Waals surface area contributed by atoms with Crippen LogP contribution in [0.3, 0.4) is 0 Å². The van der Waals surface area contributed by atoms with Gasteiger partial charge in [0.2, 0.25) is 0 Å². The molecule has 0 spiro atoms. The van der Waals surface area contributed by atoms with E-state index in [4.69, 9.17) is 0 Å². The fourth-order valence-electron chi connectivity index (χ4n) is 3.54. The summed E-state index contributed by atoms with van der Waals surface area (Å²) < 4.78 is 0. The molecule has 0 aromatic carbocycles. The third-order valence-corrected chi connectivity index (χ3v) is 6.03. The molecule has 3 nitrogen and oxygen atoms in total. The number of amides is 1. The smallest absolute Gasteiger partial charge is 0.254 e. The van der Waals surface area contributed by atoms with Crippen LogP contribution in [0.4, 0.5) is 0 Å². The number of carbonyl (C=O) groups excluding carboxylic acids is 1. The van der Waals surface area contributed by atoms with Crippen LogP contribution in [-0.4, -0.2) is 35.6 Å². The van der Waals surface area contributed by atoms with Crippen LogP contribution in [0.25, 0.3) is 0 Å². The number of hydrogen-bond acceptors (Lipinski definition) is 3. The Hall–Kier alpha value is -0.870. The second-order valence-electron chi connectivity index (χ2n) is 6.79. The Bertz CT molecular complexity index is 509. The van der Waals surface area contributed by atoms with Crippen molar-refractivity contribution in [2.75, 3.05) is 19.7 Å². The van der Waals surface area contributed by atoms with Crippen molar-refractivity contribution in [2.24, 2.45) is 11.3 Å². The molecule has 1 amide bonds. The van der Waals surface area contributed by atoms with Gasteiger partial charge in [-0.3, -0.25) is 4.79 Å². The van der Waals surface area contributed by atoms with E-state index in [1.54, 1.807) is 11.3 Å². The van der Waals surface area contributed by atoms with Crippen LogP contribution in [0.2, 0.25) is 0 Å². The first-order valence-electron chi connectivity index (χ1n) is 8.13. The molecule has 1 saturated carbocycles. The Morgan fingerprint density at radius 2 is 2.33 bits per heavy atom. The summed E-state index contributed by atoms with van der Waals surface area (Å²) >= 11 is 1.67. The normalized spacial score (nSPS) is 26.1. The third-order valence-electron chi connectivity index (χ3n) is 4.95. The van der Waals surface area contributed by atoms with Crippen LogP contribution in [0.15, 0.2) is 11.4 Å². The average Bonchev–Trinajstić information content (AvgIpc) is 3.19. The number of piperidine rings is 1. The second-order valence-corrected chi connectivity index (χ2v) is 7.79. The molecule has 2 heterocycles. The van der Waals surface area contributed by atoms with Gasteiger partial charge in [0.05, 0.1) is 12.2 Å². The topological polar surface area (TPSA) is 40.5 Å². The van der Waals surface area contributed by atoms with E-state index in [0.29, 0.717) is 0 Å². The maximum absolute atomic E-state index is 12.7. The second kappa shape index (κ2) is 6.09. The van der Waals surface area contributed by atoms with E-state index in [9.17, 15) is 9.90 Å². The number of aliphatic hydroxyl groups is 1. The zero-order valence-corrected chi connectivity index (χ0v) is 13.6. The van der Waals surface area contributed by atoms with Crippen LogP contribution < -0.4 is 0 Å². The van der Waals surface area contributed by atoms with Gasteiger partial charge >= 0.3 is 0 Å². The zero-order valence-electron chi connectivity index (χ0n) is 12.8. The predicted octanol–water partition coefficient (Wildman–Crippen LogP) is 3.33. The number of nitrogens with zero attached hydrogens (tertiary/aromatic N) is 1. The highest BCUT2D eigenvalue weighted by atomic mass is 32.1. The molecule has 1 N–H and O–H groups in total. The minimum atomic E-state index is -0.0430. The standard InChI is InChI=1S/C17H25NO2S/c1-2-15-8-14(10-21-15)16(20)18-7-3-6-17(11-18,12-19)9-13-4-5-13/h8,10,13,19H,2-7,9,11-12H2,1H3/t17-/m0/s1. The van der Waals surface area contributed by atoms with Crippen molar-refractivity contribution in [1.82, 2.24) is 4.90 Å². The van der Waals surface area contributed by atoms with Crippen molar-refractivity contribution in [3.05, 3.63) is 21.9 Å². The fraction of sp³-hybridized carbons (Fsp3) is 0.706. The van der Waals surface area contributed by atoms with E-state index < -0.39 is 0 Å². The average molecular weight is 307 g/mol. The Labute approximate surface area is 131 Å². The van der Waals surface area contributed by atoms with Gasteiger partial charge in [-0.2, -0.15) is 0 Å². The Kier molecular flexibility index (Phi) is 4.36. The van der Waals surface area contributed by atoms with Gasteiger partial charge < -0.3 is 10.0 Å². The Morgan fingerprint density at radius 1 is 1.52 bits per heavy atom. The molecule has 116 valence electrons. The van der Waals surface area contributed by atoms with Crippen molar-refractivity contribution in [1.29, 1.82) is 0 Å². The van der Waals surface area contributed by atoms with E-state index in [1.165, 1.54) is 17.7 Å². The first-order valence-corrected chi connectivity index (χ1v) is 9.01. The molecule has 4 heteroatoms. The van der Waals surface area contributed by atoms with Crippen LogP contribution in [0, 0.1) is 11.3 Å². The lowest BCUT2D eigenvalue weighted by Crippen LogP contribution is -2.48. The van der Waals surface area contributed by atoms with Gasteiger partial charge in [-0.15, -0.1) is 11.3 Å². The van der Waals surface area contributed by atoms with Crippen LogP contribution in [-0.2, 0) is 6.42 Å². The van der Waals surface area contributed by atoms with Crippen molar-refractivity contribution in [3.63, 3.8) is 0 Å². The van der Waals surface area contributed by atoms with Gasteiger partial charge in [-0.25, -0.2) is 0 Å². The molecule has 2 aliphatic rings. The lowest BCUT2D eigenvalue weighted by Gasteiger charge is -2.42. The summed E-state index contributed by atoms with van der Waals surface area (Å²) in [5, 5.41) is 11.9. The maximum Gasteiger partial charge on any atom is 0.254 e. The number of rotatable bonds is 5. The van der Waals surface area contributed by atoms with Gasteiger partial charge in [0.1, 0.15) is 0 Å².